The van der Waals surface area contributed by atoms with Crippen molar-refractivity contribution in [2.24, 2.45) is 5.73 Å². The summed E-state index contributed by atoms with van der Waals surface area (Å²) in [6.07, 6.45) is 2.61. The molecule has 0 bridgehead atoms. The summed E-state index contributed by atoms with van der Waals surface area (Å²) >= 11 is 0. The molecular weight excluding hydrogens is 190 g/mol. The summed E-state index contributed by atoms with van der Waals surface area (Å²) in [6.45, 7) is 2.55. The summed E-state index contributed by atoms with van der Waals surface area (Å²) in [7, 11) is 0. The van der Waals surface area contributed by atoms with Crippen LogP contribution in [-0.2, 0) is 13.0 Å². The molecular formula is C10H13N5. The van der Waals surface area contributed by atoms with E-state index >= 15 is 0 Å². The minimum absolute atomic E-state index is 0.625. The number of hydrogen-bond donors (Lipinski definition) is 2. The fraction of sp³-hybridized carbons (Fsp3) is 0.400. The van der Waals surface area contributed by atoms with Crippen LogP contribution in [0, 0.1) is 0 Å². The number of rotatable bonds is 2. The van der Waals surface area contributed by atoms with E-state index in [4.69, 9.17) is 5.73 Å². The van der Waals surface area contributed by atoms with Gasteiger partial charge in [-0.1, -0.05) is 0 Å². The molecule has 0 unspecified atom stereocenters. The van der Waals surface area contributed by atoms with E-state index in [1.807, 2.05) is 6.07 Å². The molecule has 78 valence electrons. The molecule has 3 heterocycles. The number of anilines is 1. The summed E-state index contributed by atoms with van der Waals surface area (Å²) in [5.74, 6) is 0.955. The van der Waals surface area contributed by atoms with Crippen LogP contribution in [0.15, 0.2) is 12.3 Å². The van der Waals surface area contributed by atoms with Crippen molar-refractivity contribution in [2.75, 3.05) is 18.4 Å². The third-order valence-corrected chi connectivity index (χ3v) is 2.73. The van der Waals surface area contributed by atoms with Gasteiger partial charge in [-0.2, -0.15) is 0 Å². The van der Waals surface area contributed by atoms with Gasteiger partial charge in [-0.25, -0.2) is 4.98 Å². The summed E-state index contributed by atoms with van der Waals surface area (Å²) in [6, 6.07) is 1.95. The molecule has 0 saturated heterocycles. The Morgan fingerprint density at radius 2 is 2.47 bits per heavy atom. The van der Waals surface area contributed by atoms with Crippen molar-refractivity contribution in [3.63, 3.8) is 0 Å². The molecule has 2 aromatic rings. The van der Waals surface area contributed by atoms with E-state index in [2.05, 4.69) is 19.9 Å². The van der Waals surface area contributed by atoms with E-state index in [0.29, 0.717) is 6.54 Å². The molecule has 1 aliphatic rings. The second-order valence-corrected chi connectivity index (χ2v) is 3.68. The maximum atomic E-state index is 5.58. The summed E-state index contributed by atoms with van der Waals surface area (Å²) in [5, 5.41) is 3.25. The Kier molecular flexibility index (Phi) is 1.85. The number of nitrogens with two attached hydrogens (primary N) is 1. The van der Waals surface area contributed by atoms with Crippen molar-refractivity contribution in [1.29, 1.82) is 0 Å². The third-order valence-electron chi connectivity index (χ3n) is 2.73. The van der Waals surface area contributed by atoms with Gasteiger partial charge in [0.15, 0.2) is 0 Å². The maximum Gasteiger partial charge on any atom is 0.204 e. The first-order valence-corrected chi connectivity index (χ1v) is 5.18. The second-order valence-electron chi connectivity index (χ2n) is 3.68. The van der Waals surface area contributed by atoms with E-state index in [0.717, 1.165) is 42.2 Å². The van der Waals surface area contributed by atoms with Crippen molar-refractivity contribution in [3.8, 4) is 0 Å². The Hall–Kier alpha value is -1.62. The lowest BCUT2D eigenvalue weighted by Crippen LogP contribution is -2.06. The molecule has 0 fully saturated rings. The molecule has 0 atom stereocenters. The first-order chi connectivity index (χ1) is 7.40. The normalized spacial score (nSPS) is 14.2. The van der Waals surface area contributed by atoms with Crippen LogP contribution in [0.4, 0.5) is 5.95 Å². The molecule has 5 heteroatoms. The first-order valence-electron chi connectivity index (χ1n) is 5.18. The van der Waals surface area contributed by atoms with Crippen molar-refractivity contribution >= 4 is 17.0 Å². The predicted molar refractivity (Wildman–Crippen MR) is 58.8 cm³/mol. The van der Waals surface area contributed by atoms with Gasteiger partial charge < -0.3 is 15.6 Å². The molecule has 15 heavy (non-hydrogen) atoms. The number of hydrogen-bond acceptors (Lipinski definition) is 4. The van der Waals surface area contributed by atoms with E-state index in [9.17, 15) is 0 Å². The van der Waals surface area contributed by atoms with Gasteiger partial charge in [0.1, 0.15) is 0 Å². The smallest absolute Gasteiger partial charge is 0.204 e. The second kappa shape index (κ2) is 3.20. The topological polar surface area (TPSA) is 68.8 Å². The van der Waals surface area contributed by atoms with Gasteiger partial charge in [0.25, 0.3) is 0 Å². The number of fused-ring (bicyclic) bond motifs is 3. The quantitative estimate of drug-likeness (QED) is 0.739. The van der Waals surface area contributed by atoms with E-state index in [1.165, 1.54) is 0 Å². The van der Waals surface area contributed by atoms with Crippen LogP contribution >= 0.6 is 0 Å². The highest BCUT2D eigenvalue weighted by molar-refractivity contribution is 5.81. The summed E-state index contributed by atoms with van der Waals surface area (Å²) in [4.78, 5) is 8.88. The SMILES string of the molecule is NCCc1nccc2nc3n(c12)CCN3. The zero-order valence-electron chi connectivity index (χ0n) is 8.40. The van der Waals surface area contributed by atoms with Gasteiger partial charge in [0.05, 0.1) is 16.7 Å². The van der Waals surface area contributed by atoms with Crippen molar-refractivity contribution in [1.82, 2.24) is 14.5 Å². The standard InChI is InChI=1S/C10H13N5/c11-3-1-7-9-8(2-4-12-7)14-10-13-5-6-15(9)10/h2,4H,1,3,5-6,11H2,(H,13,14). The lowest BCUT2D eigenvalue weighted by Gasteiger charge is -2.02. The van der Waals surface area contributed by atoms with Gasteiger partial charge in [-0.05, 0) is 12.6 Å². The van der Waals surface area contributed by atoms with Crippen LogP contribution in [-0.4, -0.2) is 27.6 Å². The lowest BCUT2D eigenvalue weighted by molar-refractivity contribution is 0.822. The fourth-order valence-corrected chi connectivity index (χ4v) is 2.10. The Balaban J connectivity index is 2.27. The van der Waals surface area contributed by atoms with Gasteiger partial charge in [-0.15, -0.1) is 0 Å². The average Bonchev–Trinajstić information content (AvgIpc) is 2.77. The van der Waals surface area contributed by atoms with Gasteiger partial charge in [0.2, 0.25) is 5.95 Å². The van der Waals surface area contributed by atoms with E-state index < -0.39 is 0 Å². The third kappa shape index (κ3) is 1.20. The number of imidazole rings is 1. The zero-order valence-corrected chi connectivity index (χ0v) is 8.40. The summed E-state index contributed by atoms with van der Waals surface area (Å²) < 4.78 is 2.19. The predicted octanol–water partition coefficient (Wildman–Crippen LogP) is 0.358. The molecule has 0 radical (unpaired) electrons. The largest absolute Gasteiger partial charge is 0.354 e. The van der Waals surface area contributed by atoms with Crippen LogP contribution in [0.2, 0.25) is 0 Å². The molecule has 3 N–H and O–H groups in total. The Labute approximate surface area is 87.3 Å². The zero-order chi connectivity index (χ0) is 10.3. The molecule has 0 aromatic carbocycles. The van der Waals surface area contributed by atoms with E-state index in [-0.39, 0.29) is 0 Å². The highest BCUT2D eigenvalue weighted by Crippen LogP contribution is 2.24. The van der Waals surface area contributed by atoms with E-state index in [1.54, 1.807) is 6.20 Å². The van der Waals surface area contributed by atoms with Crippen molar-refractivity contribution in [2.45, 2.75) is 13.0 Å². The highest BCUT2D eigenvalue weighted by Gasteiger charge is 2.17. The van der Waals surface area contributed by atoms with Crippen LogP contribution in [0.1, 0.15) is 5.69 Å². The maximum absolute atomic E-state index is 5.58. The van der Waals surface area contributed by atoms with Crippen molar-refractivity contribution in [3.05, 3.63) is 18.0 Å². The molecule has 0 aliphatic carbocycles. The number of nitrogens with one attached hydrogen (secondary N) is 1. The Morgan fingerprint density at radius 1 is 1.53 bits per heavy atom. The Morgan fingerprint density at radius 3 is 3.33 bits per heavy atom. The van der Waals surface area contributed by atoms with Crippen LogP contribution in [0.3, 0.4) is 0 Å². The molecule has 2 aromatic heterocycles. The molecule has 0 spiro atoms. The molecule has 5 nitrogen and oxygen atoms in total. The number of aromatic nitrogens is 3. The van der Waals surface area contributed by atoms with Gasteiger partial charge in [-0.3, -0.25) is 4.98 Å². The van der Waals surface area contributed by atoms with Crippen molar-refractivity contribution < 1.29 is 0 Å². The van der Waals surface area contributed by atoms with Crippen LogP contribution < -0.4 is 11.1 Å². The monoisotopic (exact) mass is 203 g/mol. The van der Waals surface area contributed by atoms with Crippen LogP contribution in [0.25, 0.3) is 11.0 Å². The number of nitrogens with zero attached hydrogens (tertiary/aromatic N) is 3. The minimum atomic E-state index is 0.625. The number of pyridine rings is 1. The molecule has 0 amide bonds. The van der Waals surface area contributed by atoms with Crippen LogP contribution in [0.5, 0.6) is 0 Å². The fourth-order valence-electron chi connectivity index (χ4n) is 2.10. The minimum Gasteiger partial charge on any atom is -0.354 e. The molecule has 3 rings (SSSR count). The van der Waals surface area contributed by atoms with Gasteiger partial charge >= 0.3 is 0 Å². The Bertz CT molecular complexity index is 502. The van der Waals surface area contributed by atoms with Gasteiger partial charge in [0, 0.05) is 25.7 Å². The average molecular weight is 203 g/mol. The highest BCUT2D eigenvalue weighted by atomic mass is 15.3. The molecule has 1 aliphatic heterocycles. The first kappa shape index (κ1) is 8.67. The summed E-state index contributed by atoms with van der Waals surface area (Å²) in [5.41, 5.74) is 8.78. The molecule has 0 saturated carbocycles. The lowest BCUT2D eigenvalue weighted by atomic mass is 10.2.